The zero-order valence-electron chi connectivity index (χ0n) is 10.0. The molecule has 0 bridgehead atoms. The van der Waals surface area contributed by atoms with Crippen LogP contribution in [0.15, 0.2) is 18.2 Å². The third-order valence-electron chi connectivity index (χ3n) is 2.66. The molecule has 0 fully saturated rings. The maximum Gasteiger partial charge on any atom is 0.257 e. The van der Waals surface area contributed by atoms with Gasteiger partial charge in [0.05, 0.1) is 33.3 Å². The number of amides is 1. The van der Waals surface area contributed by atoms with E-state index in [4.69, 9.17) is 17.3 Å². The summed E-state index contributed by atoms with van der Waals surface area (Å²) < 4.78 is 0. The summed E-state index contributed by atoms with van der Waals surface area (Å²) in [5.74, 6) is -0.303. The molecule has 5 nitrogen and oxygen atoms in total. The zero-order valence-corrected chi connectivity index (χ0v) is 10.8. The number of H-pyrrole nitrogens is 1. The predicted octanol–water partition coefficient (Wildman–Crippen LogP) is 2.51. The van der Waals surface area contributed by atoms with Crippen LogP contribution >= 0.6 is 11.6 Å². The van der Waals surface area contributed by atoms with E-state index < -0.39 is 0 Å². The van der Waals surface area contributed by atoms with E-state index in [9.17, 15) is 4.79 Å². The minimum Gasteiger partial charge on any atom is -0.397 e. The van der Waals surface area contributed by atoms with Gasteiger partial charge >= 0.3 is 0 Å². The molecule has 0 saturated heterocycles. The Morgan fingerprint density at radius 2 is 2.17 bits per heavy atom. The maximum absolute atomic E-state index is 12.1. The molecule has 2 aromatic rings. The van der Waals surface area contributed by atoms with Crippen LogP contribution in [0.4, 0.5) is 11.4 Å². The lowest BCUT2D eigenvalue weighted by molar-refractivity contribution is 0.102. The molecule has 18 heavy (non-hydrogen) atoms. The van der Waals surface area contributed by atoms with E-state index in [-0.39, 0.29) is 11.6 Å². The second kappa shape index (κ2) is 4.70. The third kappa shape index (κ3) is 2.17. The number of carbonyl (C=O) groups is 1. The van der Waals surface area contributed by atoms with Gasteiger partial charge < -0.3 is 11.1 Å². The van der Waals surface area contributed by atoms with Crippen molar-refractivity contribution in [3.63, 3.8) is 0 Å². The topological polar surface area (TPSA) is 83.8 Å². The number of anilines is 2. The number of para-hydroxylation sites is 1. The minimum absolute atomic E-state index is 0.274. The number of nitrogen functional groups attached to an aromatic ring is 1. The Hall–Kier alpha value is -2.01. The number of rotatable bonds is 2. The van der Waals surface area contributed by atoms with Crippen molar-refractivity contribution < 1.29 is 4.79 Å². The first kappa shape index (κ1) is 12.4. The molecular weight excluding hydrogens is 252 g/mol. The summed E-state index contributed by atoms with van der Waals surface area (Å²) in [7, 11) is 0. The second-order valence-electron chi connectivity index (χ2n) is 3.96. The average Bonchev–Trinajstić information content (AvgIpc) is 2.64. The number of nitrogens with zero attached hydrogens (tertiary/aromatic N) is 1. The van der Waals surface area contributed by atoms with Crippen LogP contribution in [0, 0.1) is 13.8 Å². The van der Waals surface area contributed by atoms with Crippen LogP contribution in [0.5, 0.6) is 0 Å². The van der Waals surface area contributed by atoms with E-state index >= 15 is 0 Å². The highest BCUT2D eigenvalue weighted by molar-refractivity contribution is 6.34. The Balaban J connectivity index is 2.31. The lowest BCUT2D eigenvalue weighted by Gasteiger charge is -2.08. The molecular formula is C12H13ClN4O. The second-order valence-corrected chi connectivity index (χ2v) is 4.37. The summed E-state index contributed by atoms with van der Waals surface area (Å²) in [6.07, 6.45) is 0. The van der Waals surface area contributed by atoms with E-state index in [1.807, 2.05) is 6.92 Å². The van der Waals surface area contributed by atoms with Crippen molar-refractivity contribution in [3.05, 3.63) is 40.2 Å². The summed E-state index contributed by atoms with van der Waals surface area (Å²) in [6.45, 7) is 3.64. The summed E-state index contributed by atoms with van der Waals surface area (Å²) in [6, 6.07) is 4.95. The van der Waals surface area contributed by atoms with Crippen molar-refractivity contribution in [1.82, 2.24) is 10.2 Å². The summed E-state index contributed by atoms with van der Waals surface area (Å²) in [4.78, 5) is 12.1. The van der Waals surface area contributed by atoms with Crippen molar-refractivity contribution >= 4 is 28.9 Å². The molecule has 1 amide bonds. The van der Waals surface area contributed by atoms with Gasteiger partial charge in [0, 0.05) is 0 Å². The van der Waals surface area contributed by atoms with Crippen molar-refractivity contribution in [3.8, 4) is 0 Å². The van der Waals surface area contributed by atoms with Gasteiger partial charge in [0.1, 0.15) is 0 Å². The van der Waals surface area contributed by atoms with Crippen LogP contribution in [-0.2, 0) is 0 Å². The molecule has 0 spiro atoms. The van der Waals surface area contributed by atoms with Crippen LogP contribution in [0.25, 0.3) is 0 Å². The van der Waals surface area contributed by atoms with Crippen LogP contribution in [0.1, 0.15) is 21.7 Å². The molecule has 94 valence electrons. The van der Waals surface area contributed by atoms with Crippen LogP contribution in [0.3, 0.4) is 0 Å². The lowest BCUT2D eigenvalue weighted by Crippen LogP contribution is -2.15. The van der Waals surface area contributed by atoms with Crippen molar-refractivity contribution in [1.29, 1.82) is 0 Å². The molecule has 2 rings (SSSR count). The van der Waals surface area contributed by atoms with E-state index in [0.29, 0.717) is 16.3 Å². The monoisotopic (exact) mass is 264 g/mol. The molecule has 1 heterocycles. The molecule has 1 aromatic carbocycles. The SMILES string of the molecule is Cc1n[nH]c(C)c1NC(=O)c1cccc(Cl)c1N. The number of halogens is 1. The molecule has 0 aliphatic carbocycles. The molecule has 0 unspecified atom stereocenters. The number of aromatic amines is 1. The predicted molar refractivity (Wildman–Crippen MR) is 71.9 cm³/mol. The number of hydrogen-bond acceptors (Lipinski definition) is 3. The molecule has 0 radical (unpaired) electrons. The number of hydrogen-bond donors (Lipinski definition) is 3. The van der Waals surface area contributed by atoms with E-state index in [0.717, 1.165) is 11.4 Å². The molecule has 0 aliphatic rings. The highest BCUT2D eigenvalue weighted by atomic mass is 35.5. The normalized spacial score (nSPS) is 10.4. The molecule has 0 aliphatic heterocycles. The number of aryl methyl sites for hydroxylation is 2. The minimum atomic E-state index is -0.303. The Kier molecular flexibility index (Phi) is 3.25. The van der Waals surface area contributed by atoms with Crippen LogP contribution < -0.4 is 11.1 Å². The van der Waals surface area contributed by atoms with Crippen LogP contribution in [-0.4, -0.2) is 16.1 Å². The number of carbonyl (C=O) groups excluding carboxylic acids is 1. The van der Waals surface area contributed by atoms with Gasteiger partial charge in [0.2, 0.25) is 0 Å². The molecule has 6 heteroatoms. The van der Waals surface area contributed by atoms with Gasteiger partial charge in [-0.15, -0.1) is 0 Å². The fraction of sp³-hybridized carbons (Fsp3) is 0.167. The van der Waals surface area contributed by atoms with E-state index in [1.165, 1.54) is 0 Å². The first-order valence-corrected chi connectivity index (χ1v) is 5.75. The largest absolute Gasteiger partial charge is 0.397 e. The lowest BCUT2D eigenvalue weighted by atomic mass is 10.1. The van der Waals surface area contributed by atoms with E-state index in [1.54, 1.807) is 25.1 Å². The fourth-order valence-corrected chi connectivity index (χ4v) is 1.83. The fourth-order valence-electron chi connectivity index (χ4n) is 1.65. The average molecular weight is 265 g/mol. The number of aromatic nitrogens is 2. The van der Waals surface area contributed by atoms with Gasteiger partial charge in [0.15, 0.2) is 0 Å². The van der Waals surface area contributed by atoms with E-state index in [2.05, 4.69) is 15.5 Å². The first-order valence-electron chi connectivity index (χ1n) is 5.37. The smallest absolute Gasteiger partial charge is 0.257 e. The third-order valence-corrected chi connectivity index (χ3v) is 2.99. The van der Waals surface area contributed by atoms with Gasteiger partial charge in [-0.1, -0.05) is 17.7 Å². The van der Waals surface area contributed by atoms with Crippen molar-refractivity contribution in [2.24, 2.45) is 0 Å². The van der Waals surface area contributed by atoms with Gasteiger partial charge in [-0.05, 0) is 26.0 Å². The molecule has 0 atom stereocenters. The first-order chi connectivity index (χ1) is 8.50. The van der Waals surface area contributed by atoms with Crippen molar-refractivity contribution in [2.45, 2.75) is 13.8 Å². The zero-order chi connectivity index (χ0) is 13.3. The number of nitrogens with two attached hydrogens (primary N) is 1. The van der Waals surface area contributed by atoms with Gasteiger partial charge in [-0.25, -0.2) is 0 Å². The number of benzene rings is 1. The maximum atomic E-state index is 12.1. The van der Waals surface area contributed by atoms with Gasteiger partial charge in [-0.3, -0.25) is 9.89 Å². The Labute approximate surface area is 109 Å². The number of nitrogens with one attached hydrogen (secondary N) is 2. The molecule has 4 N–H and O–H groups in total. The Bertz CT molecular complexity index is 587. The molecule has 0 saturated carbocycles. The van der Waals surface area contributed by atoms with Crippen molar-refractivity contribution in [2.75, 3.05) is 11.1 Å². The quantitative estimate of drug-likeness (QED) is 0.729. The summed E-state index contributed by atoms with van der Waals surface area (Å²) in [5.41, 5.74) is 8.58. The summed E-state index contributed by atoms with van der Waals surface area (Å²) >= 11 is 5.88. The van der Waals surface area contributed by atoms with Gasteiger partial charge in [0.25, 0.3) is 5.91 Å². The Morgan fingerprint density at radius 3 is 2.78 bits per heavy atom. The van der Waals surface area contributed by atoms with Gasteiger partial charge in [-0.2, -0.15) is 5.10 Å². The summed E-state index contributed by atoms with van der Waals surface area (Å²) in [5, 5.41) is 9.94. The van der Waals surface area contributed by atoms with Crippen LogP contribution in [0.2, 0.25) is 5.02 Å². The Morgan fingerprint density at radius 1 is 1.44 bits per heavy atom. The highest BCUT2D eigenvalue weighted by Crippen LogP contribution is 2.24. The highest BCUT2D eigenvalue weighted by Gasteiger charge is 2.15. The standard InChI is InChI=1S/C12H13ClN4O/c1-6-11(7(2)17-16-6)15-12(18)8-4-3-5-9(13)10(8)14/h3-5H,14H2,1-2H3,(H,15,18)(H,16,17). The molecule has 1 aromatic heterocycles.